The molecule has 2 nitrogen and oxygen atoms in total. The highest BCUT2D eigenvalue weighted by molar-refractivity contribution is 6.30. The minimum absolute atomic E-state index is 0.201. The first kappa shape index (κ1) is 13.3. The molecule has 0 saturated heterocycles. The van der Waals surface area contributed by atoms with E-state index in [1.54, 1.807) is 7.05 Å². The first-order valence-corrected chi connectivity index (χ1v) is 6.16. The number of hydrogen-bond acceptors (Lipinski definition) is 2. The zero-order valence-electron chi connectivity index (χ0n) is 9.97. The van der Waals surface area contributed by atoms with Crippen LogP contribution in [0.15, 0.2) is 24.0 Å². The fourth-order valence-corrected chi connectivity index (χ4v) is 2.14. The van der Waals surface area contributed by atoms with Crippen LogP contribution in [0.3, 0.4) is 0 Å². The molecular weight excluding hydrogens is 260 g/mol. The van der Waals surface area contributed by atoms with Crippen LogP contribution < -0.4 is 5.32 Å². The van der Waals surface area contributed by atoms with Gasteiger partial charge in [-0.1, -0.05) is 11.6 Å². The second-order valence-corrected chi connectivity index (χ2v) is 4.51. The molecule has 18 heavy (non-hydrogen) atoms. The number of halogens is 3. The van der Waals surface area contributed by atoms with Crippen LogP contribution in [0, 0.1) is 11.6 Å². The van der Waals surface area contributed by atoms with E-state index in [0.29, 0.717) is 12.4 Å². The summed E-state index contributed by atoms with van der Waals surface area (Å²) in [6, 6.07) is 1.61. The normalized spacial score (nSPS) is 17.0. The second kappa shape index (κ2) is 5.67. The number of ether oxygens (including phenoxy) is 1. The Kier molecular flexibility index (Phi) is 4.19. The van der Waals surface area contributed by atoms with Crippen molar-refractivity contribution < 1.29 is 13.5 Å². The molecule has 1 N–H and O–H groups in total. The Hall–Kier alpha value is -1.13. The highest BCUT2D eigenvalue weighted by Crippen LogP contribution is 2.30. The van der Waals surface area contributed by atoms with Crippen molar-refractivity contribution in [2.75, 3.05) is 13.7 Å². The Balaban J connectivity index is 2.38. The number of benzene rings is 1. The summed E-state index contributed by atoms with van der Waals surface area (Å²) in [6.07, 6.45) is 3.72. The molecule has 98 valence electrons. The fraction of sp³-hybridized carbons (Fsp3) is 0.385. The molecular formula is C13H14ClF2NO. The van der Waals surface area contributed by atoms with Crippen LogP contribution in [0.5, 0.6) is 0 Å². The van der Waals surface area contributed by atoms with Gasteiger partial charge in [-0.2, -0.15) is 0 Å². The largest absolute Gasteiger partial charge is 0.496 e. The predicted octanol–water partition coefficient (Wildman–Crippen LogP) is 3.57. The Morgan fingerprint density at radius 3 is 2.72 bits per heavy atom. The Morgan fingerprint density at radius 1 is 1.33 bits per heavy atom. The molecule has 1 atom stereocenters. The van der Waals surface area contributed by atoms with E-state index in [0.717, 1.165) is 25.0 Å². The van der Waals surface area contributed by atoms with Gasteiger partial charge < -0.3 is 10.1 Å². The number of allylic oxidation sites excluding steroid dienone is 1. The summed E-state index contributed by atoms with van der Waals surface area (Å²) >= 11 is 5.54. The third-order valence-corrected chi connectivity index (χ3v) is 3.18. The van der Waals surface area contributed by atoms with Crippen LogP contribution in [0.25, 0.3) is 0 Å². The minimum atomic E-state index is -0.635. The van der Waals surface area contributed by atoms with E-state index < -0.39 is 17.7 Å². The predicted molar refractivity (Wildman–Crippen MR) is 66.4 cm³/mol. The molecule has 1 aromatic rings. The van der Waals surface area contributed by atoms with Crippen molar-refractivity contribution in [1.82, 2.24) is 5.32 Å². The van der Waals surface area contributed by atoms with Crippen molar-refractivity contribution in [2.45, 2.75) is 18.9 Å². The maximum absolute atomic E-state index is 13.8. The summed E-state index contributed by atoms with van der Waals surface area (Å²) < 4.78 is 32.8. The lowest BCUT2D eigenvalue weighted by Gasteiger charge is -2.24. The van der Waals surface area contributed by atoms with E-state index in [9.17, 15) is 8.78 Å². The van der Waals surface area contributed by atoms with Gasteiger partial charge in [0.25, 0.3) is 0 Å². The molecule has 0 fully saturated rings. The van der Waals surface area contributed by atoms with E-state index >= 15 is 0 Å². The maximum Gasteiger partial charge on any atom is 0.142 e. The standard InChI is InChI=1S/C13H14ClF2NO/c1-17-13(12-4-2-3-5-18-12)8-6-11(16)9(14)7-10(8)15/h4,6-7,13,17H,2-3,5H2,1H3. The Bertz CT molecular complexity index is 476. The third kappa shape index (κ3) is 2.65. The van der Waals surface area contributed by atoms with Crippen molar-refractivity contribution in [3.05, 3.63) is 46.2 Å². The topological polar surface area (TPSA) is 21.3 Å². The monoisotopic (exact) mass is 273 g/mol. The van der Waals surface area contributed by atoms with E-state index in [1.807, 2.05) is 6.08 Å². The van der Waals surface area contributed by atoms with Gasteiger partial charge >= 0.3 is 0 Å². The number of rotatable bonds is 3. The van der Waals surface area contributed by atoms with Gasteiger partial charge in [0.15, 0.2) is 0 Å². The lowest BCUT2D eigenvalue weighted by molar-refractivity contribution is 0.168. The number of hydrogen-bond donors (Lipinski definition) is 1. The van der Waals surface area contributed by atoms with Gasteiger partial charge in [0.1, 0.15) is 17.4 Å². The molecule has 1 unspecified atom stereocenters. The van der Waals surface area contributed by atoms with E-state index in [-0.39, 0.29) is 10.6 Å². The summed E-state index contributed by atoms with van der Waals surface area (Å²) in [5.41, 5.74) is 0.201. The molecule has 2 rings (SSSR count). The zero-order chi connectivity index (χ0) is 13.1. The van der Waals surface area contributed by atoms with Crippen molar-refractivity contribution in [2.24, 2.45) is 0 Å². The van der Waals surface area contributed by atoms with Gasteiger partial charge in [0, 0.05) is 5.56 Å². The molecule has 1 aliphatic rings. The second-order valence-electron chi connectivity index (χ2n) is 4.11. The molecule has 1 heterocycles. The van der Waals surface area contributed by atoms with Crippen molar-refractivity contribution >= 4 is 11.6 Å². The highest BCUT2D eigenvalue weighted by Gasteiger charge is 2.23. The molecule has 0 aliphatic carbocycles. The van der Waals surface area contributed by atoms with Crippen LogP contribution in [-0.4, -0.2) is 13.7 Å². The van der Waals surface area contributed by atoms with Gasteiger partial charge in [-0.3, -0.25) is 0 Å². The molecule has 0 radical (unpaired) electrons. The Labute approximate surface area is 110 Å². The summed E-state index contributed by atoms with van der Waals surface area (Å²) in [5, 5.41) is 2.71. The lowest BCUT2D eigenvalue weighted by atomic mass is 10.0. The summed E-state index contributed by atoms with van der Waals surface area (Å²) in [5.74, 6) is -0.551. The summed E-state index contributed by atoms with van der Waals surface area (Å²) in [7, 11) is 1.68. The van der Waals surface area contributed by atoms with Crippen molar-refractivity contribution in [3.8, 4) is 0 Å². The zero-order valence-corrected chi connectivity index (χ0v) is 10.7. The van der Waals surface area contributed by atoms with Gasteiger partial charge in [0.05, 0.1) is 17.7 Å². The minimum Gasteiger partial charge on any atom is -0.496 e. The summed E-state index contributed by atoms with van der Waals surface area (Å²) in [4.78, 5) is 0. The van der Waals surface area contributed by atoms with Gasteiger partial charge in [-0.25, -0.2) is 8.78 Å². The maximum atomic E-state index is 13.8. The van der Waals surface area contributed by atoms with Gasteiger partial charge in [0.2, 0.25) is 0 Å². The smallest absolute Gasteiger partial charge is 0.142 e. The SMILES string of the molecule is CNC(C1=CCCCO1)c1cc(F)c(Cl)cc1F. The van der Waals surface area contributed by atoms with Crippen LogP contribution >= 0.6 is 11.6 Å². The van der Waals surface area contributed by atoms with Crippen LogP contribution in [-0.2, 0) is 4.74 Å². The van der Waals surface area contributed by atoms with Crippen molar-refractivity contribution in [1.29, 1.82) is 0 Å². The quantitative estimate of drug-likeness (QED) is 0.850. The molecule has 0 aromatic heterocycles. The highest BCUT2D eigenvalue weighted by atomic mass is 35.5. The molecule has 0 bridgehead atoms. The summed E-state index contributed by atoms with van der Waals surface area (Å²) in [6.45, 7) is 0.599. The van der Waals surface area contributed by atoms with Crippen LogP contribution in [0.2, 0.25) is 5.02 Å². The first-order valence-electron chi connectivity index (χ1n) is 5.78. The van der Waals surface area contributed by atoms with Crippen molar-refractivity contribution in [3.63, 3.8) is 0 Å². The lowest BCUT2D eigenvalue weighted by Crippen LogP contribution is -2.23. The van der Waals surface area contributed by atoms with E-state index in [4.69, 9.17) is 16.3 Å². The van der Waals surface area contributed by atoms with Crippen LogP contribution in [0.4, 0.5) is 8.78 Å². The van der Waals surface area contributed by atoms with Crippen LogP contribution in [0.1, 0.15) is 24.4 Å². The molecule has 5 heteroatoms. The van der Waals surface area contributed by atoms with E-state index in [2.05, 4.69) is 5.32 Å². The average Bonchev–Trinajstić information content (AvgIpc) is 2.38. The van der Waals surface area contributed by atoms with Gasteiger partial charge in [-0.15, -0.1) is 0 Å². The van der Waals surface area contributed by atoms with E-state index in [1.165, 1.54) is 0 Å². The molecule has 1 aliphatic heterocycles. The molecule has 0 saturated carbocycles. The third-order valence-electron chi connectivity index (χ3n) is 2.89. The van der Waals surface area contributed by atoms with Gasteiger partial charge in [-0.05, 0) is 38.1 Å². The number of likely N-dealkylation sites (N-methyl/N-ethyl adjacent to an activating group) is 1. The Morgan fingerprint density at radius 2 is 2.11 bits per heavy atom. The first-order chi connectivity index (χ1) is 8.63. The molecule has 1 aromatic carbocycles. The molecule has 0 spiro atoms. The number of nitrogens with one attached hydrogen (secondary N) is 1. The fourth-order valence-electron chi connectivity index (χ4n) is 1.99. The average molecular weight is 274 g/mol. The molecule has 0 amide bonds.